The lowest BCUT2D eigenvalue weighted by Crippen LogP contribution is -2.26. The summed E-state index contributed by atoms with van der Waals surface area (Å²) < 4.78 is 241. The van der Waals surface area contributed by atoms with Crippen molar-refractivity contribution in [1.82, 2.24) is 0 Å². The van der Waals surface area contributed by atoms with Crippen LogP contribution < -0.4 is 9.47 Å². The van der Waals surface area contributed by atoms with E-state index in [9.17, 15) is 61.5 Å². The Labute approximate surface area is 624 Å². The van der Waals surface area contributed by atoms with Crippen LogP contribution in [0.4, 0.5) is 70.2 Å². The number of alkyl halides is 4. The number of aryl methyl sites for hydroxylation is 6. The Balaban J connectivity index is 0.000000146. The van der Waals surface area contributed by atoms with Gasteiger partial charge >= 0.3 is 0 Å². The summed E-state index contributed by atoms with van der Waals surface area (Å²) in [4.78, 5) is 0. The topological polar surface area (TPSA) is 18.5 Å². The number of ether oxygens (including phenoxy) is 2. The summed E-state index contributed by atoms with van der Waals surface area (Å²) in [5, 5.41) is 0. The van der Waals surface area contributed by atoms with E-state index < -0.39 is 117 Å². The third-order valence-electron chi connectivity index (χ3n) is 18.1. The minimum Gasteiger partial charge on any atom is -0.494 e. The smallest absolute Gasteiger partial charge is 0.280 e. The molecule has 0 N–H and O–H groups in total. The van der Waals surface area contributed by atoms with Gasteiger partial charge in [-0.15, -0.1) is 0 Å². The van der Waals surface area contributed by atoms with E-state index in [1.54, 1.807) is 54.6 Å². The van der Waals surface area contributed by atoms with Gasteiger partial charge in [-0.25, -0.2) is 65.9 Å². The second kappa shape index (κ2) is 32.8. The highest BCUT2D eigenvalue weighted by atomic mass is 19.3. The summed E-state index contributed by atoms with van der Waals surface area (Å²) >= 11 is 0. The summed E-state index contributed by atoms with van der Waals surface area (Å²) in [5.41, 5.74) is 4.02. The standard InChI is InChI=1S/C24H16F4O.C24H16F4.C22H14F4O.C22H14F4/c1-14-3-5-15(6-4-14)7-8-16-9-10-18-17-11-12-20(29-2)23(26)19(17)13-24(27,28)21(18)22(16)25;1-14-3-6-16(7-4-14)8-9-17-10-12-19-18-11-5-15(2)22(25)20(18)13-24(27,28)21(19)23(17)26;1-13-3-5-14(6-4-13)7-8-15-9-10-16(20(24)19(15)23)17-11-12-18(27-2)22(26)21(17)25;1-13-3-6-15(7-4-13)8-9-16-10-12-18(22(26)20(16)24)17-11-5-14(2)19(23)21(17)25/h3-6,9-12H,13H2,1-2H3;3-7,10-12H,13H2,1-2H3;3-6,9-12H,1-2H3;3-7,10-12H,1-2H3. The van der Waals surface area contributed by atoms with Gasteiger partial charge in [0.05, 0.1) is 47.6 Å². The number of fused-ring (bicyclic) bond motifs is 6. The Bertz CT molecular complexity index is 5860. The Kier molecular flexibility index (Phi) is 23.4. The maximum absolute atomic E-state index is 15.1. The first kappa shape index (κ1) is 78.4. The third-order valence-corrected chi connectivity index (χ3v) is 18.1. The molecule has 2 nitrogen and oxygen atoms in total. The van der Waals surface area contributed by atoms with E-state index in [0.717, 1.165) is 34.4 Å². The largest absolute Gasteiger partial charge is 0.494 e. The average Bonchev–Trinajstić information content (AvgIpc) is 0.737. The van der Waals surface area contributed by atoms with E-state index in [1.807, 2.05) is 76.2 Å². The van der Waals surface area contributed by atoms with Crippen molar-refractivity contribution < 1.29 is 79.7 Å². The molecule has 0 radical (unpaired) electrons. The molecular formula is C92H60F16O2. The fourth-order valence-corrected chi connectivity index (χ4v) is 12.0. The van der Waals surface area contributed by atoms with E-state index in [2.05, 4.69) is 52.1 Å². The average molecular weight is 1500 g/mol. The summed E-state index contributed by atoms with van der Waals surface area (Å²) in [6.45, 7) is 10.6. The number of benzene rings is 12. The molecule has 0 spiro atoms. The van der Waals surface area contributed by atoms with Crippen molar-refractivity contribution in [2.75, 3.05) is 14.2 Å². The molecule has 110 heavy (non-hydrogen) atoms. The minimum absolute atomic E-state index is 0.0172. The van der Waals surface area contributed by atoms with Gasteiger partial charge < -0.3 is 9.47 Å². The molecule has 0 atom stereocenters. The van der Waals surface area contributed by atoms with Crippen molar-refractivity contribution in [3.05, 3.63) is 364 Å². The van der Waals surface area contributed by atoms with Crippen molar-refractivity contribution in [3.63, 3.8) is 0 Å². The third kappa shape index (κ3) is 16.7. The normalized spacial score (nSPS) is 12.1. The zero-order valence-corrected chi connectivity index (χ0v) is 59.8. The highest BCUT2D eigenvalue weighted by molar-refractivity contribution is 5.78. The van der Waals surface area contributed by atoms with E-state index in [0.29, 0.717) is 33.4 Å². The summed E-state index contributed by atoms with van der Waals surface area (Å²) in [6, 6.07) is 50.2. The van der Waals surface area contributed by atoms with Gasteiger partial charge in [-0.1, -0.05) is 161 Å². The molecule has 0 fully saturated rings. The van der Waals surface area contributed by atoms with Gasteiger partial charge in [-0.3, -0.25) is 0 Å². The lowest BCUT2D eigenvalue weighted by Gasteiger charge is -2.29. The first-order valence-corrected chi connectivity index (χ1v) is 33.7. The van der Waals surface area contributed by atoms with Crippen molar-refractivity contribution in [2.24, 2.45) is 0 Å². The van der Waals surface area contributed by atoms with Crippen LogP contribution in [0.2, 0.25) is 0 Å². The van der Waals surface area contributed by atoms with Crippen LogP contribution in [0.1, 0.15) is 100 Å². The van der Waals surface area contributed by atoms with E-state index >= 15 is 8.78 Å². The summed E-state index contributed by atoms with van der Waals surface area (Å²) in [6.07, 6.45) is -1.81. The molecule has 552 valence electrons. The predicted octanol–water partition coefficient (Wildman–Crippen LogP) is 23.8. The van der Waals surface area contributed by atoms with Gasteiger partial charge in [0.25, 0.3) is 11.8 Å². The molecule has 0 unspecified atom stereocenters. The van der Waals surface area contributed by atoms with Crippen LogP contribution in [-0.2, 0) is 24.7 Å². The quantitative estimate of drug-likeness (QED) is 0.129. The highest BCUT2D eigenvalue weighted by Gasteiger charge is 2.45. The predicted molar refractivity (Wildman–Crippen MR) is 393 cm³/mol. The summed E-state index contributed by atoms with van der Waals surface area (Å²) in [7, 11) is 2.44. The van der Waals surface area contributed by atoms with Crippen molar-refractivity contribution in [3.8, 4) is 103 Å². The lowest BCUT2D eigenvalue weighted by molar-refractivity contribution is -0.00987. The maximum Gasteiger partial charge on any atom is 0.280 e. The molecule has 0 saturated heterocycles. The second-order valence-electron chi connectivity index (χ2n) is 25.8. The molecule has 0 amide bonds. The Morgan fingerprint density at radius 3 is 0.836 bits per heavy atom. The molecular weight excluding hydrogens is 1440 g/mol. The Hall–Kier alpha value is -12.6. The molecule has 0 bridgehead atoms. The second-order valence-corrected chi connectivity index (χ2v) is 25.8. The molecule has 0 aromatic heterocycles. The summed E-state index contributed by atoms with van der Waals surface area (Å²) in [5.74, 6) is 0.524. The highest BCUT2D eigenvalue weighted by Crippen LogP contribution is 2.50. The van der Waals surface area contributed by atoms with Crippen LogP contribution in [0, 0.1) is 159 Å². The molecule has 0 saturated carbocycles. The Morgan fingerprint density at radius 2 is 0.491 bits per heavy atom. The first-order valence-electron chi connectivity index (χ1n) is 33.7. The zero-order chi connectivity index (χ0) is 79.2. The molecule has 12 aromatic carbocycles. The van der Waals surface area contributed by atoms with Gasteiger partial charge in [0.1, 0.15) is 17.5 Å². The lowest BCUT2D eigenvalue weighted by atomic mass is 9.81. The molecule has 2 aliphatic carbocycles. The van der Waals surface area contributed by atoms with Crippen LogP contribution >= 0.6 is 0 Å². The SMILES string of the molecule is COc1ccc(-c2ccc(C#Cc3ccc(C)cc3)c(F)c2F)c(F)c1F.COc1ccc2c(c1F)CC(F)(F)c1c-2ccc(C#Cc2ccc(C)cc2)c1F.Cc1ccc(C#Cc2ccc(-c3ccc(C)c(F)c3F)c(F)c2F)cc1.Cc1ccc(C#Cc2ccc3c(c2F)C(F)(F)Cc2c-3ccc(C)c2F)cc1. The molecule has 2 aliphatic rings. The van der Waals surface area contributed by atoms with Gasteiger partial charge in [-0.05, 0) is 178 Å². The number of hydrogen-bond donors (Lipinski definition) is 0. The Morgan fingerprint density at radius 1 is 0.236 bits per heavy atom. The van der Waals surface area contributed by atoms with Crippen LogP contribution in [-0.4, -0.2) is 14.2 Å². The number of halogens is 16. The van der Waals surface area contributed by atoms with Crippen LogP contribution in [0.15, 0.2) is 194 Å². The van der Waals surface area contributed by atoms with Crippen molar-refractivity contribution in [1.29, 1.82) is 0 Å². The van der Waals surface area contributed by atoms with Gasteiger partial charge in [0, 0.05) is 68.5 Å². The number of methoxy groups -OCH3 is 2. The zero-order valence-electron chi connectivity index (χ0n) is 59.8. The van der Waals surface area contributed by atoms with E-state index in [1.165, 1.54) is 107 Å². The van der Waals surface area contributed by atoms with Crippen LogP contribution in [0.5, 0.6) is 11.5 Å². The fourth-order valence-electron chi connectivity index (χ4n) is 12.0. The molecule has 0 aliphatic heterocycles. The molecule has 0 heterocycles. The maximum atomic E-state index is 15.1. The fraction of sp³-hybridized carbons (Fsp3) is 0.130. The number of hydrogen-bond acceptors (Lipinski definition) is 2. The minimum atomic E-state index is -3.57. The van der Waals surface area contributed by atoms with Crippen molar-refractivity contribution >= 4 is 0 Å². The molecule has 18 heteroatoms. The van der Waals surface area contributed by atoms with E-state index in [-0.39, 0.29) is 78.3 Å². The van der Waals surface area contributed by atoms with Crippen molar-refractivity contribution in [2.45, 2.75) is 66.2 Å². The molecule has 14 rings (SSSR count). The van der Waals surface area contributed by atoms with Gasteiger partial charge in [0.15, 0.2) is 58.0 Å². The van der Waals surface area contributed by atoms with Gasteiger partial charge in [-0.2, -0.15) is 4.39 Å². The van der Waals surface area contributed by atoms with E-state index in [4.69, 9.17) is 4.74 Å². The van der Waals surface area contributed by atoms with Crippen LogP contribution in [0.3, 0.4) is 0 Å². The van der Waals surface area contributed by atoms with Crippen LogP contribution in [0.25, 0.3) is 44.5 Å². The monoisotopic (exact) mass is 1500 g/mol. The molecule has 12 aromatic rings. The van der Waals surface area contributed by atoms with Gasteiger partial charge in [0.2, 0.25) is 5.82 Å². The number of rotatable bonds is 4. The first-order chi connectivity index (χ1) is 52.4.